The highest BCUT2D eigenvalue weighted by Gasteiger charge is 2.22. The van der Waals surface area contributed by atoms with Crippen molar-refractivity contribution in [2.24, 2.45) is 0 Å². The minimum atomic E-state index is -0.989. The fourth-order valence-corrected chi connectivity index (χ4v) is 4.30. The molecule has 3 aromatic rings. The van der Waals surface area contributed by atoms with Crippen LogP contribution in [0.15, 0.2) is 42.6 Å². The summed E-state index contributed by atoms with van der Waals surface area (Å²) in [5.74, 6) is -1.72. The predicted octanol–water partition coefficient (Wildman–Crippen LogP) is 4.62. The number of carbonyl (C=O) groups excluding carboxylic acids is 1. The summed E-state index contributed by atoms with van der Waals surface area (Å²) in [6, 6.07) is 9.02. The van der Waals surface area contributed by atoms with Crippen molar-refractivity contribution in [1.29, 1.82) is 0 Å². The van der Waals surface area contributed by atoms with Crippen LogP contribution in [0.5, 0.6) is 5.88 Å². The smallest absolute Gasteiger partial charge is 0.258 e. The van der Waals surface area contributed by atoms with E-state index in [9.17, 15) is 13.6 Å². The monoisotopic (exact) mass is 501 g/mol. The van der Waals surface area contributed by atoms with Crippen molar-refractivity contribution < 1.29 is 18.3 Å². The average Bonchev–Trinajstić information content (AvgIpc) is 2.84. The zero-order valence-corrected chi connectivity index (χ0v) is 20.1. The number of nitrogens with two attached hydrogens (primary N) is 1. The number of piperidine rings is 1. The van der Waals surface area contributed by atoms with Crippen molar-refractivity contribution in [2.45, 2.75) is 31.9 Å². The molecule has 0 spiro atoms. The Morgan fingerprint density at radius 2 is 1.94 bits per heavy atom. The molecule has 1 amide bonds. The van der Waals surface area contributed by atoms with E-state index in [4.69, 9.17) is 22.1 Å². The second-order valence-electron chi connectivity index (χ2n) is 8.59. The molecule has 1 saturated heterocycles. The highest BCUT2D eigenvalue weighted by atomic mass is 35.5. The van der Waals surface area contributed by atoms with Crippen molar-refractivity contribution in [1.82, 2.24) is 20.2 Å². The molecule has 1 aliphatic heterocycles. The van der Waals surface area contributed by atoms with Crippen molar-refractivity contribution in [3.63, 3.8) is 0 Å². The number of carbonyl (C=O) groups is 1. The number of nitrogens with one attached hydrogen (secondary N) is 1. The third kappa shape index (κ3) is 5.68. The Bertz CT molecular complexity index is 1230. The van der Waals surface area contributed by atoms with Crippen molar-refractivity contribution in [2.75, 3.05) is 25.9 Å². The standard InChI is InChI=1S/C25H26ClF2N5O2/c1-14(21-18(27)6-7-19(28)22(21)26)35-25-23(29)30-13-20(32-25)15-4-3-5-16(12-15)24(34)31-17-8-10-33(2)11-9-17/h3-7,12-14,17H,8-11H2,1-2H3,(H2,29,30)(H,31,34). The summed E-state index contributed by atoms with van der Waals surface area (Å²) in [4.78, 5) is 23.6. The van der Waals surface area contributed by atoms with Crippen LogP contribution in [0.25, 0.3) is 11.3 Å². The first-order valence-corrected chi connectivity index (χ1v) is 11.6. The topological polar surface area (TPSA) is 93.4 Å². The number of benzene rings is 2. The number of ether oxygens (including phenoxy) is 1. The Labute approximate surface area is 207 Å². The van der Waals surface area contributed by atoms with E-state index in [0.29, 0.717) is 16.8 Å². The molecule has 4 rings (SSSR count). The second-order valence-corrected chi connectivity index (χ2v) is 8.97. The molecule has 7 nitrogen and oxygen atoms in total. The van der Waals surface area contributed by atoms with Gasteiger partial charge in [0.2, 0.25) is 0 Å². The van der Waals surface area contributed by atoms with Gasteiger partial charge in [0.05, 0.1) is 16.9 Å². The minimum absolute atomic E-state index is 0.0234. The van der Waals surface area contributed by atoms with E-state index in [1.807, 2.05) is 0 Å². The molecule has 1 atom stereocenters. The first-order valence-electron chi connectivity index (χ1n) is 11.3. The number of anilines is 1. The lowest BCUT2D eigenvalue weighted by Crippen LogP contribution is -2.43. The maximum atomic E-state index is 14.3. The third-order valence-electron chi connectivity index (χ3n) is 6.02. The van der Waals surface area contributed by atoms with Gasteiger partial charge >= 0.3 is 0 Å². The fourth-order valence-electron chi connectivity index (χ4n) is 3.99. The molecule has 1 unspecified atom stereocenters. The van der Waals surface area contributed by atoms with Crippen LogP contribution in [0.4, 0.5) is 14.6 Å². The van der Waals surface area contributed by atoms with E-state index >= 15 is 0 Å². The molecule has 10 heteroatoms. The number of rotatable bonds is 6. The van der Waals surface area contributed by atoms with E-state index in [-0.39, 0.29) is 34.2 Å². The second kappa shape index (κ2) is 10.5. The molecule has 2 heterocycles. The molecule has 0 aliphatic carbocycles. The van der Waals surface area contributed by atoms with Gasteiger partial charge in [0.15, 0.2) is 5.82 Å². The summed E-state index contributed by atoms with van der Waals surface area (Å²) in [5, 5.41) is 2.72. The summed E-state index contributed by atoms with van der Waals surface area (Å²) >= 11 is 5.95. The van der Waals surface area contributed by atoms with Crippen molar-refractivity contribution >= 4 is 23.3 Å². The lowest BCUT2D eigenvalue weighted by atomic mass is 10.0. The van der Waals surface area contributed by atoms with E-state index in [0.717, 1.165) is 38.1 Å². The summed E-state index contributed by atoms with van der Waals surface area (Å²) in [6.07, 6.45) is 2.27. The molecule has 35 heavy (non-hydrogen) atoms. The number of nitrogen functional groups attached to an aromatic ring is 1. The normalized spacial score (nSPS) is 15.6. The zero-order valence-electron chi connectivity index (χ0n) is 19.4. The molecule has 0 bridgehead atoms. The van der Waals surface area contributed by atoms with Crippen LogP contribution in [0.2, 0.25) is 5.02 Å². The number of halogens is 3. The van der Waals surface area contributed by atoms with Gasteiger partial charge in [-0.05, 0) is 64.2 Å². The van der Waals surface area contributed by atoms with Gasteiger partial charge in [-0.1, -0.05) is 23.7 Å². The van der Waals surface area contributed by atoms with Gasteiger partial charge in [-0.25, -0.2) is 18.7 Å². The molecule has 1 aromatic heterocycles. The highest BCUT2D eigenvalue weighted by molar-refractivity contribution is 6.31. The summed E-state index contributed by atoms with van der Waals surface area (Å²) in [5.41, 5.74) is 7.30. The molecule has 1 aliphatic rings. The number of hydrogen-bond acceptors (Lipinski definition) is 6. The van der Waals surface area contributed by atoms with Crippen LogP contribution in [0, 0.1) is 11.6 Å². The van der Waals surface area contributed by atoms with Crippen LogP contribution in [-0.4, -0.2) is 47.0 Å². The van der Waals surface area contributed by atoms with Gasteiger partial charge in [-0.2, -0.15) is 0 Å². The van der Waals surface area contributed by atoms with E-state index in [1.165, 1.54) is 13.1 Å². The zero-order chi connectivity index (χ0) is 25.1. The van der Waals surface area contributed by atoms with Crippen molar-refractivity contribution in [3.05, 3.63) is 70.4 Å². The summed E-state index contributed by atoms with van der Waals surface area (Å²) < 4.78 is 33.9. The molecule has 184 valence electrons. The van der Waals surface area contributed by atoms with Crippen LogP contribution in [-0.2, 0) is 0 Å². The lowest BCUT2D eigenvalue weighted by Gasteiger charge is -2.29. The Balaban J connectivity index is 1.54. The predicted molar refractivity (Wildman–Crippen MR) is 130 cm³/mol. The quantitative estimate of drug-likeness (QED) is 0.479. The van der Waals surface area contributed by atoms with Crippen molar-refractivity contribution in [3.8, 4) is 17.1 Å². The number of likely N-dealkylation sites (tertiary alicyclic amines) is 1. The summed E-state index contributed by atoms with van der Waals surface area (Å²) in [7, 11) is 2.07. The Kier molecular flexibility index (Phi) is 7.47. The number of hydrogen-bond donors (Lipinski definition) is 2. The molecule has 0 radical (unpaired) electrons. The van der Waals surface area contributed by atoms with Crippen LogP contribution >= 0.6 is 11.6 Å². The van der Waals surface area contributed by atoms with E-state index in [2.05, 4.69) is 27.2 Å². The number of aromatic nitrogens is 2. The maximum absolute atomic E-state index is 14.3. The molecule has 2 aromatic carbocycles. The summed E-state index contributed by atoms with van der Waals surface area (Å²) in [6.45, 7) is 3.39. The molecule has 1 fully saturated rings. The van der Waals surface area contributed by atoms with Gasteiger partial charge < -0.3 is 20.7 Å². The average molecular weight is 502 g/mol. The first kappa shape index (κ1) is 24.8. The van der Waals surface area contributed by atoms with Gasteiger partial charge in [-0.3, -0.25) is 4.79 Å². The third-order valence-corrected chi connectivity index (χ3v) is 6.40. The minimum Gasteiger partial charge on any atom is -0.467 e. The van der Waals surface area contributed by atoms with Gasteiger partial charge in [0, 0.05) is 22.7 Å². The van der Waals surface area contributed by atoms with Crippen LogP contribution in [0.1, 0.15) is 41.8 Å². The first-order chi connectivity index (χ1) is 16.7. The fraction of sp³-hybridized carbons (Fsp3) is 0.320. The number of amides is 1. The SMILES string of the molecule is CC(Oc1nc(-c2cccc(C(=O)NC3CCN(C)CC3)c2)cnc1N)c1c(F)ccc(F)c1Cl. The lowest BCUT2D eigenvalue weighted by molar-refractivity contribution is 0.0917. The largest absolute Gasteiger partial charge is 0.467 e. The molecular formula is C25H26ClF2N5O2. The molecule has 0 saturated carbocycles. The van der Waals surface area contributed by atoms with Gasteiger partial charge in [0.1, 0.15) is 17.7 Å². The van der Waals surface area contributed by atoms with Crippen LogP contribution in [0.3, 0.4) is 0 Å². The molecule has 3 N–H and O–H groups in total. The Morgan fingerprint density at radius 3 is 2.69 bits per heavy atom. The van der Waals surface area contributed by atoms with Gasteiger partial charge in [-0.15, -0.1) is 0 Å². The van der Waals surface area contributed by atoms with Crippen LogP contribution < -0.4 is 15.8 Å². The van der Waals surface area contributed by atoms with E-state index in [1.54, 1.807) is 24.3 Å². The molecular weight excluding hydrogens is 476 g/mol. The Hall–Kier alpha value is -3.30. The maximum Gasteiger partial charge on any atom is 0.258 e. The highest BCUT2D eigenvalue weighted by Crippen LogP contribution is 2.33. The Morgan fingerprint density at radius 1 is 1.23 bits per heavy atom. The van der Waals surface area contributed by atoms with Gasteiger partial charge in [0.25, 0.3) is 11.8 Å². The number of nitrogens with zero attached hydrogens (tertiary/aromatic N) is 3. The van der Waals surface area contributed by atoms with E-state index < -0.39 is 17.7 Å².